The van der Waals surface area contributed by atoms with Crippen molar-refractivity contribution in [1.82, 2.24) is 0 Å². The lowest BCUT2D eigenvalue weighted by molar-refractivity contribution is -0.384. The maximum atomic E-state index is 12.6. The molecule has 0 saturated heterocycles. The fourth-order valence-corrected chi connectivity index (χ4v) is 4.02. The lowest BCUT2D eigenvalue weighted by Crippen LogP contribution is -2.13. The summed E-state index contributed by atoms with van der Waals surface area (Å²) in [7, 11) is 0. The number of hydrogen-bond acceptors (Lipinski definition) is 5. The summed E-state index contributed by atoms with van der Waals surface area (Å²) in [5.41, 5.74) is 2.27. The maximum Gasteiger partial charge on any atom is 0.271 e. The molecule has 0 spiro atoms. The van der Waals surface area contributed by atoms with E-state index < -0.39 is 10.8 Å². The van der Waals surface area contributed by atoms with E-state index >= 15 is 0 Å². The van der Waals surface area contributed by atoms with Crippen molar-refractivity contribution in [1.29, 1.82) is 5.26 Å². The van der Waals surface area contributed by atoms with Gasteiger partial charge in [0, 0.05) is 39.3 Å². The molecule has 1 amide bonds. The number of ether oxygens (including phenoxy) is 1. The van der Waals surface area contributed by atoms with Crippen molar-refractivity contribution >= 4 is 50.9 Å². The molecule has 0 radical (unpaired) electrons. The molecule has 34 heavy (non-hydrogen) atoms. The van der Waals surface area contributed by atoms with Crippen LogP contribution in [0.1, 0.15) is 23.6 Å². The Bertz CT molecular complexity index is 1320. The second kappa shape index (κ2) is 11.5. The monoisotopic (exact) mass is 539 g/mol. The van der Waals surface area contributed by atoms with Crippen LogP contribution in [0.15, 0.2) is 70.7 Å². The molecule has 9 heteroatoms. The molecule has 0 aliphatic rings. The molecule has 3 aromatic carbocycles. The Morgan fingerprint density at radius 3 is 2.68 bits per heavy atom. The van der Waals surface area contributed by atoms with Gasteiger partial charge in [0.2, 0.25) is 0 Å². The van der Waals surface area contributed by atoms with Gasteiger partial charge in [0.1, 0.15) is 17.4 Å². The minimum absolute atomic E-state index is 0.167. The van der Waals surface area contributed by atoms with Crippen molar-refractivity contribution in [2.75, 3.05) is 11.9 Å². The minimum Gasteiger partial charge on any atom is -0.494 e. The average Bonchev–Trinajstić information content (AvgIpc) is 2.81. The summed E-state index contributed by atoms with van der Waals surface area (Å²) in [5.74, 6) is -0.0864. The predicted octanol–water partition coefficient (Wildman–Crippen LogP) is 6.55. The van der Waals surface area contributed by atoms with Crippen LogP contribution in [0.3, 0.4) is 0 Å². The van der Waals surface area contributed by atoms with Crippen molar-refractivity contribution in [2.24, 2.45) is 0 Å². The van der Waals surface area contributed by atoms with Crippen LogP contribution in [0, 0.1) is 21.4 Å². The lowest BCUT2D eigenvalue weighted by Gasteiger charge is -2.15. The number of nitrogens with one attached hydrogen (secondary N) is 1. The normalized spacial score (nSPS) is 10.9. The number of anilines is 1. The van der Waals surface area contributed by atoms with E-state index in [1.165, 1.54) is 30.3 Å². The highest BCUT2D eigenvalue weighted by atomic mass is 79.9. The van der Waals surface area contributed by atoms with Gasteiger partial charge in [-0.2, -0.15) is 5.26 Å². The van der Waals surface area contributed by atoms with Crippen LogP contribution in [0.4, 0.5) is 11.4 Å². The summed E-state index contributed by atoms with van der Waals surface area (Å²) in [5, 5.41) is 23.7. The van der Waals surface area contributed by atoms with Gasteiger partial charge in [0.05, 0.1) is 11.5 Å². The molecule has 0 aromatic heterocycles. The molecule has 3 aromatic rings. The molecule has 0 heterocycles. The van der Waals surface area contributed by atoms with E-state index in [1.54, 1.807) is 12.1 Å². The number of rotatable bonds is 8. The largest absolute Gasteiger partial charge is 0.494 e. The van der Waals surface area contributed by atoms with Gasteiger partial charge in [0.25, 0.3) is 11.6 Å². The third-order valence-corrected chi connectivity index (χ3v) is 5.87. The Morgan fingerprint density at radius 1 is 1.24 bits per heavy atom. The number of benzene rings is 3. The van der Waals surface area contributed by atoms with Gasteiger partial charge >= 0.3 is 0 Å². The number of nitro groups is 1. The molecular weight excluding hydrogens is 522 g/mol. The molecule has 0 unspecified atom stereocenters. The number of amides is 1. The first kappa shape index (κ1) is 25.0. The summed E-state index contributed by atoms with van der Waals surface area (Å²) in [6.07, 6.45) is 1.96. The Hall–Kier alpha value is -3.67. The zero-order valence-electron chi connectivity index (χ0n) is 18.0. The summed E-state index contributed by atoms with van der Waals surface area (Å²) in [6, 6.07) is 18.4. The maximum absolute atomic E-state index is 12.6. The number of nitrogens with zero attached hydrogens (tertiary/aromatic N) is 2. The van der Waals surface area contributed by atoms with Gasteiger partial charge in [0.15, 0.2) is 0 Å². The minimum atomic E-state index is -0.683. The highest BCUT2D eigenvalue weighted by molar-refractivity contribution is 9.10. The van der Waals surface area contributed by atoms with E-state index in [1.807, 2.05) is 37.3 Å². The van der Waals surface area contributed by atoms with Crippen molar-refractivity contribution < 1.29 is 14.5 Å². The molecular formula is C25H19BrClN3O4. The van der Waals surface area contributed by atoms with Crippen LogP contribution in [0.5, 0.6) is 5.75 Å². The molecule has 172 valence electrons. The molecule has 0 saturated carbocycles. The van der Waals surface area contributed by atoms with Gasteiger partial charge in [-0.05, 0) is 48.4 Å². The van der Waals surface area contributed by atoms with Crippen molar-refractivity contribution in [3.63, 3.8) is 0 Å². The molecule has 1 N–H and O–H groups in total. The first-order chi connectivity index (χ1) is 16.3. The average molecular weight is 541 g/mol. The van der Waals surface area contributed by atoms with Crippen LogP contribution >= 0.6 is 27.5 Å². The van der Waals surface area contributed by atoms with E-state index in [9.17, 15) is 20.2 Å². The highest BCUT2D eigenvalue weighted by Crippen LogP contribution is 2.33. The highest BCUT2D eigenvalue weighted by Gasteiger charge is 2.16. The second-order valence-corrected chi connectivity index (χ2v) is 8.37. The molecule has 3 rings (SSSR count). The number of carbonyl (C=O) groups excluding carboxylic acids is 1. The standard InChI is InChI=1S/C25H19BrClN3O4/c1-2-34-24-12-16(11-22(26)21(24)13-17-6-3-4-9-23(17)27)10-18(15-28)25(31)29-19-7-5-8-20(14-19)30(32)33/h3-12,14H,2,13H2,1H3,(H,29,31)/b18-10+. The zero-order chi connectivity index (χ0) is 24.7. The Labute approximate surface area is 209 Å². The van der Waals surface area contributed by atoms with E-state index in [2.05, 4.69) is 21.2 Å². The number of nitro benzene ring substituents is 1. The van der Waals surface area contributed by atoms with Crippen LogP contribution < -0.4 is 10.1 Å². The molecule has 7 nitrogen and oxygen atoms in total. The van der Waals surface area contributed by atoms with E-state index in [-0.39, 0.29) is 16.9 Å². The number of non-ortho nitro benzene ring substituents is 1. The molecule has 0 atom stereocenters. The lowest BCUT2D eigenvalue weighted by atomic mass is 10.0. The van der Waals surface area contributed by atoms with Crippen molar-refractivity contribution in [3.8, 4) is 11.8 Å². The summed E-state index contributed by atoms with van der Waals surface area (Å²) >= 11 is 9.89. The Balaban J connectivity index is 1.91. The third-order valence-electron chi connectivity index (χ3n) is 4.79. The Kier molecular flexibility index (Phi) is 8.41. The smallest absolute Gasteiger partial charge is 0.271 e. The predicted molar refractivity (Wildman–Crippen MR) is 135 cm³/mol. The van der Waals surface area contributed by atoms with Gasteiger partial charge in [-0.25, -0.2) is 0 Å². The van der Waals surface area contributed by atoms with E-state index in [0.717, 1.165) is 15.6 Å². The van der Waals surface area contributed by atoms with Crippen LogP contribution in [-0.4, -0.2) is 17.4 Å². The Morgan fingerprint density at radius 2 is 2.00 bits per heavy atom. The van der Waals surface area contributed by atoms with Crippen LogP contribution in [0.2, 0.25) is 5.02 Å². The van der Waals surface area contributed by atoms with Crippen molar-refractivity contribution in [2.45, 2.75) is 13.3 Å². The summed E-state index contributed by atoms with van der Waals surface area (Å²) < 4.78 is 6.56. The molecule has 0 bridgehead atoms. The van der Waals surface area contributed by atoms with Gasteiger partial charge in [-0.1, -0.05) is 51.8 Å². The fourth-order valence-electron chi connectivity index (χ4n) is 3.21. The molecule has 0 fully saturated rings. The van der Waals surface area contributed by atoms with Crippen LogP contribution in [0.25, 0.3) is 6.08 Å². The SMILES string of the molecule is CCOc1cc(/C=C(\C#N)C(=O)Nc2cccc([N+](=O)[O-])c2)cc(Br)c1Cc1ccccc1Cl. The summed E-state index contributed by atoms with van der Waals surface area (Å²) in [6.45, 7) is 2.29. The molecule has 0 aliphatic heterocycles. The number of hydrogen-bond donors (Lipinski definition) is 1. The molecule has 0 aliphatic carbocycles. The first-order valence-corrected chi connectivity index (χ1v) is 11.4. The number of nitriles is 1. The quantitative estimate of drug-likeness (QED) is 0.151. The zero-order valence-corrected chi connectivity index (χ0v) is 20.4. The summed E-state index contributed by atoms with van der Waals surface area (Å²) in [4.78, 5) is 23.0. The van der Waals surface area contributed by atoms with E-state index in [0.29, 0.717) is 29.4 Å². The van der Waals surface area contributed by atoms with Crippen LogP contribution in [-0.2, 0) is 11.2 Å². The second-order valence-electron chi connectivity index (χ2n) is 7.11. The third kappa shape index (κ3) is 6.22. The van der Waals surface area contributed by atoms with Gasteiger partial charge in [-0.15, -0.1) is 0 Å². The number of halogens is 2. The van der Waals surface area contributed by atoms with Crippen molar-refractivity contribution in [3.05, 3.63) is 103 Å². The fraction of sp³-hybridized carbons (Fsp3) is 0.120. The number of carbonyl (C=O) groups is 1. The van der Waals surface area contributed by atoms with Gasteiger partial charge < -0.3 is 10.1 Å². The van der Waals surface area contributed by atoms with E-state index in [4.69, 9.17) is 16.3 Å². The topological polar surface area (TPSA) is 105 Å². The first-order valence-electron chi connectivity index (χ1n) is 10.2. The van der Waals surface area contributed by atoms with Gasteiger partial charge in [-0.3, -0.25) is 14.9 Å².